The van der Waals surface area contributed by atoms with Crippen molar-refractivity contribution < 1.29 is 4.79 Å². The molecule has 1 aromatic rings. The van der Waals surface area contributed by atoms with Gasteiger partial charge in [-0.3, -0.25) is 4.79 Å². The average molecular weight is 271 g/mol. The molecule has 1 aromatic carbocycles. The highest BCUT2D eigenvalue weighted by Gasteiger charge is 2.20. The van der Waals surface area contributed by atoms with Crippen molar-refractivity contribution in [1.29, 1.82) is 0 Å². The average Bonchev–Trinajstić information content (AvgIpc) is 2.38. The number of hydrogen-bond donors (Lipinski definition) is 1. The summed E-state index contributed by atoms with van der Waals surface area (Å²) >= 11 is 0. The molecule has 1 amide bonds. The molecular weight excluding hydrogens is 248 g/mol. The van der Waals surface area contributed by atoms with Crippen LogP contribution in [0.3, 0.4) is 0 Å². The second kappa shape index (κ2) is 8.95. The fraction of sp³-hybridized carbons (Fsp3) is 0.500. The van der Waals surface area contributed by atoms with E-state index in [-0.39, 0.29) is 18.3 Å². The highest BCUT2D eigenvalue weighted by molar-refractivity contribution is 5.85. The number of hydrogen-bond acceptors (Lipinski definition) is 2. The van der Waals surface area contributed by atoms with Gasteiger partial charge < -0.3 is 10.6 Å². The zero-order valence-corrected chi connectivity index (χ0v) is 12.0. The van der Waals surface area contributed by atoms with Gasteiger partial charge in [0.25, 0.3) is 0 Å². The van der Waals surface area contributed by atoms with Crippen molar-refractivity contribution in [3.63, 3.8) is 0 Å². The van der Waals surface area contributed by atoms with E-state index in [0.29, 0.717) is 0 Å². The maximum atomic E-state index is 12.2. The Morgan fingerprint density at radius 2 is 1.67 bits per heavy atom. The van der Waals surface area contributed by atoms with Crippen LogP contribution in [0.25, 0.3) is 0 Å². The van der Waals surface area contributed by atoms with Gasteiger partial charge in [0.2, 0.25) is 5.91 Å². The van der Waals surface area contributed by atoms with Crippen LogP contribution in [-0.2, 0) is 4.79 Å². The first-order chi connectivity index (χ1) is 8.20. The molecule has 0 aliphatic rings. The third kappa shape index (κ3) is 4.67. The standard InChI is InChI=1S/C14H22N2O.ClH/c1-3-10-16(11-4-2)14(17)13(15)12-8-6-5-7-9-12;/h5-9,13H,3-4,10-11,15H2,1-2H3;1H. The highest BCUT2D eigenvalue weighted by atomic mass is 35.5. The molecule has 4 heteroatoms. The van der Waals surface area contributed by atoms with E-state index in [9.17, 15) is 4.79 Å². The van der Waals surface area contributed by atoms with Gasteiger partial charge in [-0.15, -0.1) is 12.4 Å². The van der Waals surface area contributed by atoms with Crippen molar-refractivity contribution in [2.45, 2.75) is 32.7 Å². The summed E-state index contributed by atoms with van der Waals surface area (Å²) in [6.07, 6.45) is 1.93. The largest absolute Gasteiger partial charge is 0.341 e. The van der Waals surface area contributed by atoms with Crippen molar-refractivity contribution >= 4 is 18.3 Å². The SMILES string of the molecule is CCCN(CCC)C(=O)C(N)c1ccccc1.Cl. The molecule has 0 heterocycles. The van der Waals surface area contributed by atoms with Crippen LogP contribution < -0.4 is 5.73 Å². The van der Waals surface area contributed by atoms with E-state index in [0.717, 1.165) is 31.5 Å². The van der Waals surface area contributed by atoms with Crippen LogP contribution in [0.4, 0.5) is 0 Å². The summed E-state index contributed by atoms with van der Waals surface area (Å²) in [5.74, 6) is 0.0277. The molecule has 0 fully saturated rings. The number of nitrogens with zero attached hydrogens (tertiary/aromatic N) is 1. The lowest BCUT2D eigenvalue weighted by Crippen LogP contribution is -2.39. The topological polar surface area (TPSA) is 46.3 Å². The fourth-order valence-corrected chi connectivity index (χ4v) is 1.87. The molecule has 102 valence electrons. The van der Waals surface area contributed by atoms with Crippen molar-refractivity contribution in [2.24, 2.45) is 5.73 Å². The molecule has 0 radical (unpaired) electrons. The Kier molecular flexibility index (Phi) is 8.42. The van der Waals surface area contributed by atoms with E-state index in [1.54, 1.807) is 0 Å². The molecule has 2 N–H and O–H groups in total. The van der Waals surface area contributed by atoms with Crippen LogP contribution in [0.1, 0.15) is 38.3 Å². The molecule has 1 rings (SSSR count). The van der Waals surface area contributed by atoms with Crippen LogP contribution in [0.5, 0.6) is 0 Å². The first-order valence-electron chi connectivity index (χ1n) is 6.30. The monoisotopic (exact) mass is 270 g/mol. The summed E-state index contributed by atoms with van der Waals surface area (Å²) < 4.78 is 0. The van der Waals surface area contributed by atoms with Gasteiger partial charge in [-0.2, -0.15) is 0 Å². The minimum Gasteiger partial charge on any atom is -0.341 e. The van der Waals surface area contributed by atoms with Gasteiger partial charge in [-0.1, -0.05) is 44.2 Å². The molecule has 1 atom stereocenters. The zero-order valence-electron chi connectivity index (χ0n) is 11.1. The van der Waals surface area contributed by atoms with Crippen LogP contribution in [-0.4, -0.2) is 23.9 Å². The maximum Gasteiger partial charge on any atom is 0.244 e. The van der Waals surface area contributed by atoms with Crippen molar-refractivity contribution in [3.8, 4) is 0 Å². The number of carbonyl (C=O) groups is 1. The first-order valence-corrected chi connectivity index (χ1v) is 6.30. The van der Waals surface area contributed by atoms with Gasteiger partial charge in [-0.05, 0) is 18.4 Å². The van der Waals surface area contributed by atoms with Crippen molar-refractivity contribution in [3.05, 3.63) is 35.9 Å². The summed E-state index contributed by atoms with van der Waals surface area (Å²) in [5.41, 5.74) is 6.89. The van der Waals surface area contributed by atoms with Gasteiger partial charge in [0.05, 0.1) is 0 Å². The minimum atomic E-state index is -0.533. The molecule has 3 nitrogen and oxygen atoms in total. The number of nitrogens with two attached hydrogens (primary N) is 1. The summed E-state index contributed by atoms with van der Waals surface area (Å²) in [6.45, 7) is 5.72. The zero-order chi connectivity index (χ0) is 12.7. The Balaban J connectivity index is 0.00000289. The lowest BCUT2D eigenvalue weighted by molar-refractivity contribution is -0.132. The smallest absolute Gasteiger partial charge is 0.244 e. The summed E-state index contributed by atoms with van der Waals surface area (Å²) in [6, 6.07) is 9.02. The van der Waals surface area contributed by atoms with E-state index in [1.165, 1.54) is 0 Å². The predicted molar refractivity (Wildman–Crippen MR) is 77.8 cm³/mol. The summed E-state index contributed by atoms with van der Waals surface area (Å²) in [7, 11) is 0. The number of benzene rings is 1. The molecule has 0 aliphatic heterocycles. The number of amides is 1. The van der Waals surface area contributed by atoms with E-state index in [4.69, 9.17) is 5.73 Å². The predicted octanol–water partition coefficient (Wildman–Crippen LogP) is 2.76. The Labute approximate surface area is 116 Å². The third-order valence-corrected chi connectivity index (χ3v) is 2.72. The molecule has 0 aromatic heterocycles. The number of rotatable bonds is 6. The quantitative estimate of drug-likeness (QED) is 0.864. The van der Waals surface area contributed by atoms with Crippen LogP contribution >= 0.6 is 12.4 Å². The van der Waals surface area contributed by atoms with Crippen LogP contribution in [0, 0.1) is 0 Å². The second-order valence-corrected chi connectivity index (χ2v) is 4.21. The Hall–Kier alpha value is -1.06. The Bertz CT molecular complexity index is 337. The highest BCUT2D eigenvalue weighted by Crippen LogP contribution is 2.13. The van der Waals surface area contributed by atoms with Gasteiger partial charge in [0.1, 0.15) is 6.04 Å². The van der Waals surface area contributed by atoms with E-state index in [2.05, 4.69) is 13.8 Å². The number of halogens is 1. The van der Waals surface area contributed by atoms with Crippen LogP contribution in [0.15, 0.2) is 30.3 Å². The summed E-state index contributed by atoms with van der Waals surface area (Å²) in [4.78, 5) is 14.1. The first kappa shape index (κ1) is 16.9. The molecule has 0 saturated carbocycles. The van der Waals surface area contributed by atoms with E-state index >= 15 is 0 Å². The van der Waals surface area contributed by atoms with Gasteiger partial charge in [0.15, 0.2) is 0 Å². The summed E-state index contributed by atoms with van der Waals surface area (Å²) in [5, 5.41) is 0. The molecule has 0 spiro atoms. The molecule has 0 aliphatic carbocycles. The lowest BCUT2D eigenvalue weighted by Gasteiger charge is -2.25. The third-order valence-electron chi connectivity index (χ3n) is 2.72. The van der Waals surface area contributed by atoms with Crippen molar-refractivity contribution in [1.82, 2.24) is 4.90 Å². The molecule has 0 saturated heterocycles. The van der Waals surface area contributed by atoms with Gasteiger partial charge >= 0.3 is 0 Å². The molecule has 1 unspecified atom stereocenters. The molecule has 0 bridgehead atoms. The maximum absolute atomic E-state index is 12.2. The number of carbonyl (C=O) groups excluding carboxylic acids is 1. The van der Waals surface area contributed by atoms with Crippen molar-refractivity contribution in [2.75, 3.05) is 13.1 Å². The Morgan fingerprint density at radius 3 is 2.11 bits per heavy atom. The van der Waals surface area contributed by atoms with Gasteiger partial charge in [-0.25, -0.2) is 0 Å². The minimum absolute atomic E-state index is 0. The van der Waals surface area contributed by atoms with E-state index in [1.807, 2.05) is 35.2 Å². The van der Waals surface area contributed by atoms with E-state index < -0.39 is 6.04 Å². The fourth-order valence-electron chi connectivity index (χ4n) is 1.87. The normalized spacial score (nSPS) is 11.5. The lowest BCUT2D eigenvalue weighted by atomic mass is 10.1. The Morgan fingerprint density at radius 1 is 1.17 bits per heavy atom. The molecule has 18 heavy (non-hydrogen) atoms. The second-order valence-electron chi connectivity index (χ2n) is 4.21. The van der Waals surface area contributed by atoms with Crippen LogP contribution in [0.2, 0.25) is 0 Å². The van der Waals surface area contributed by atoms with Gasteiger partial charge in [0, 0.05) is 13.1 Å². The molecular formula is C14H23ClN2O.